The number of aryl methyl sites for hydroxylation is 1. The number of rotatable bonds is 3. The maximum Gasteiger partial charge on any atom is 0.0714 e. The van der Waals surface area contributed by atoms with E-state index < -0.39 is 10.8 Å². The molecule has 80 valence electrons. The summed E-state index contributed by atoms with van der Waals surface area (Å²) in [5, 5.41) is 1.14. The molecule has 1 atom stereocenters. The molecule has 2 rings (SSSR count). The second-order valence-corrected chi connectivity index (χ2v) is 5.13. The smallest absolute Gasteiger partial charge is 0.0714 e. The molecule has 0 amide bonds. The van der Waals surface area contributed by atoms with Crippen LogP contribution in [0.5, 0.6) is 0 Å². The van der Waals surface area contributed by atoms with Gasteiger partial charge in [0, 0.05) is 40.9 Å². The third-order valence-corrected chi connectivity index (χ3v) is 3.20. The fourth-order valence-electron chi connectivity index (χ4n) is 1.70. The van der Waals surface area contributed by atoms with Gasteiger partial charge in [-0.05, 0) is 12.1 Å². The SMILES string of the molecule is CS(=O)CCn1ccc2cccc(N)c21. The molecule has 0 bridgehead atoms. The molecular weight excluding hydrogens is 208 g/mol. The molecule has 0 fully saturated rings. The van der Waals surface area contributed by atoms with Gasteiger partial charge in [-0.15, -0.1) is 0 Å². The highest BCUT2D eigenvalue weighted by molar-refractivity contribution is 7.84. The normalized spacial score (nSPS) is 13.1. The van der Waals surface area contributed by atoms with Crippen LogP contribution in [0.4, 0.5) is 5.69 Å². The van der Waals surface area contributed by atoms with Crippen LogP contribution in [0.3, 0.4) is 0 Å². The number of hydrogen-bond acceptors (Lipinski definition) is 2. The summed E-state index contributed by atoms with van der Waals surface area (Å²) in [5.41, 5.74) is 7.73. The third kappa shape index (κ3) is 2.04. The van der Waals surface area contributed by atoms with Crippen molar-refractivity contribution in [3.8, 4) is 0 Å². The summed E-state index contributed by atoms with van der Waals surface area (Å²) in [5.74, 6) is 0.665. The second-order valence-electron chi connectivity index (χ2n) is 3.57. The topological polar surface area (TPSA) is 48.0 Å². The van der Waals surface area contributed by atoms with Crippen molar-refractivity contribution in [2.75, 3.05) is 17.7 Å². The molecule has 2 N–H and O–H groups in total. The van der Waals surface area contributed by atoms with Crippen molar-refractivity contribution < 1.29 is 4.21 Å². The Bertz CT molecular complexity index is 504. The zero-order chi connectivity index (χ0) is 10.8. The van der Waals surface area contributed by atoms with Crippen LogP contribution in [0.25, 0.3) is 10.9 Å². The van der Waals surface area contributed by atoms with E-state index in [9.17, 15) is 4.21 Å². The van der Waals surface area contributed by atoms with Crippen LogP contribution in [0.1, 0.15) is 0 Å². The van der Waals surface area contributed by atoms with E-state index in [-0.39, 0.29) is 0 Å². The highest BCUT2D eigenvalue weighted by atomic mass is 32.2. The van der Waals surface area contributed by atoms with Gasteiger partial charge in [-0.1, -0.05) is 12.1 Å². The molecule has 0 saturated heterocycles. The van der Waals surface area contributed by atoms with Crippen LogP contribution in [0.15, 0.2) is 30.5 Å². The number of anilines is 1. The predicted molar refractivity (Wildman–Crippen MR) is 65.3 cm³/mol. The van der Waals surface area contributed by atoms with Gasteiger partial charge in [0.1, 0.15) is 0 Å². The molecule has 1 aromatic carbocycles. The third-order valence-electron chi connectivity index (χ3n) is 2.44. The van der Waals surface area contributed by atoms with Crippen molar-refractivity contribution in [2.24, 2.45) is 0 Å². The Morgan fingerprint density at radius 2 is 2.20 bits per heavy atom. The molecule has 2 aromatic rings. The molecule has 1 aromatic heterocycles. The molecule has 0 aliphatic rings. The minimum absolute atomic E-state index is 0.665. The number of hydrogen-bond donors (Lipinski definition) is 1. The van der Waals surface area contributed by atoms with Gasteiger partial charge in [-0.25, -0.2) is 0 Å². The molecule has 0 spiro atoms. The average molecular weight is 222 g/mol. The standard InChI is InChI=1S/C11H14N2OS/c1-15(14)8-7-13-6-5-9-3-2-4-10(12)11(9)13/h2-6H,7-8,12H2,1H3. The average Bonchev–Trinajstić information content (AvgIpc) is 2.59. The van der Waals surface area contributed by atoms with Crippen LogP contribution < -0.4 is 5.73 Å². The first-order chi connectivity index (χ1) is 7.18. The summed E-state index contributed by atoms with van der Waals surface area (Å²) in [6.07, 6.45) is 3.71. The first-order valence-electron chi connectivity index (χ1n) is 4.82. The number of nitrogens with two attached hydrogens (primary N) is 1. The zero-order valence-corrected chi connectivity index (χ0v) is 9.46. The van der Waals surface area contributed by atoms with E-state index in [0.29, 0.717) is 5.75 Å². The lowest BCUT2D eigenvalue weighted by Crippen LogP contribution is -2.06. The van der Waals surface area contributed by atoms with Crippen LogP contribution in [0, 0.1) is 0 Å². The molecule has 1 unspecified atom stereocenters. The van der Waals surface area contributed by atoms with Crippen LogP contribution in [0.2, 0.25) is 0 Å². The fourth-order valence-corrected chi connectivity index (χ4v) is 2.16. The maximum atomic E-state index is 11.0. The van der Waals surface area contributed by atoms with Crippen molar-refractivity contribution >= 4 is 27.4 Å². The van der Waals surface area contributed by atoms with Crippen molar-refractivity contribution in [1.29, 1.82) is 0 Å². The summed E-state index contributed by atoms with van der Waals surface area (Å²) >= 11 is 0. The molecule has 1 heterocycles. The van der Waals surface area contributed by atoms with Gasteiger partial charge < -0.3 is 10.3 Å². The highest BCUT2D eigenvalue weighted by Crippen LogP contribution is 2.21. The van der Waals surface area contributed by atoms with E-state index >= 15 is 0 Å². The lowest BCUT2D eigenvalue weighted by atomic mass is 10.2. The van der Waals surface area contributed by atoms with Crippen LogP contribution >= 0.6 is 0 Å². The molecule has 0 radical (unpaired) electrons. The zero-order valence-electron chi connectivity index (χ0n) is 8.64. The molecule has 0 aliphatic heterocycles. The maximum absolute atomic E-state index is 11.0. The van der Waals surface area contributed by atoms with Crippen molar-refractivity contribution in [2.45, 2.75) is 6.54 Å². The van der Waals surface area contributed by atoms with Gasteiger partial charge in [0.2, 0.25) is 0 Å². The van der Waals surface area contributed by atoms with Gasteiger partial charge in [-0.2, -0.15) is 0 Å². The Hall–Kier alpha value is -1.29. The first-order valence-corrected chi connectivity index (χ1v) is 6.54. The van der Waals surface area contributed by atoms with E-state index in [4.69, 9.17) is 5.73 Å². The number of benzene rings is 1. The Balaban J connectivity index is 2.39. The van der Waals surface area contributed by atoms with Crippen molar-refractivity contribution in [3.05, 3.63) is 30.5 Å². The van der Waals surface area contributed by atoms with Crippen molar-refractivity contribution in [1.82, 2.24) is 4.57 Å². The van der Waals surface area contributed by atoms with Crippen LogP contribution in [-0.2, 0) is 17.3 Å². The minimum Gasteiger partial charge on any atom is -0.397 e. The lowest BCUT2D eigenvalue weighted by Gasteiger charge is -2.05. The number of nitrogen functional groups attached to an aromatic ring is 1. The van der Waals surface area contributed by atoms with Crippen LogP contribution in [-0.4, -0.2) is 20.8 Å². The lowest BCUT2D eigenvalue weighted by molar-refractivity contribution is 0.680. The summed E-state index contributed by atoms with van der Waals surface area (Å²) < 4.78 is 13.1. The number of para-hydroxylation sites is 1. The fraction of sp³-hybridized carbons (Fsp3) is 0.273. The second kappa shape index (κ2) is 4.06. The van der Waals surface area contributed by atoms with Gasteiger partial charge in [-0.3, -0.25) is 4.21 Å². The van der Waals surface area contributed by atoms with Gasteiger partial charge in [0.15, 0.2) is 0 Å². The molecular formula is C11H14N2OS. The molecule has 0 aliphatic carbocycles. The summed E-state index contributed by atoms with van der Waals surface area (Å²) in [6, 6.07) is 7.90. The predicted octanol–water partition coefficient (Wildman–Crippen LogP) is 1.60. The Morgan fingerprint density at radius 1 is 1.40 bits per heavy atom. The first kappa shape index (κ1) is 10.2. The molecule has 3 nitrogen and oxygen atoms in total. The van der Waals surface area contributed by atoms with E-state index in [1.807, 2.05) is 30.5 Å². The minimum atomic E-state index is -0.761. The van der Waals surface area contributed by atoms with Gasteiger partial charge in [0.05, 0.1) is 11.2 Å². The summed E-state index contributed by atoms with van der Waals surface area (Å²) in [4.78, 5) is 0. The largest absolute Gasteiger partial charge is 0.397 e. The molecule has 15 heavy (non-hydrogen) atoms. The Labute approximate surface area is 91.3 Å². The van der Waals surface area contributed by atoms with Gasteiger partial charge in [0.25, 0.3) is 0 Å². The molecule has 0 saturated carbocycles. The van der Waals surface area contributed by atoms with E-state index in [2.05, 4.69) is 4.57 Å². The number of fused-ring (bicyclic) bond motifs is 1. The van der Waals surface area contributed by atoms with Gasteiger partial charge >= 0.3 is 0 Å². The van der Waals surface area contributed by atoms with E-state index in [1.54, 1.807) is 6.26 Å². The highest BCUT2D eigenvalue weighted by Gasteiger charge is 2.04. The summed E-state index contributed by atoms with van der Waals surface area (Å²) in [7, 11) is -0.761. The Kier molecular flexibility index (Phi) is 2.77. The molecule has 4 heteroatoms. The summed E-state index contributed by atoms with van der Waals surface area (Å²) in [6.45, 7) is 0.751. The van der Waals surface area contributed by atoms with E-state index in [1.165, 1.54) is 0 Å². The number of nitrogens with zero attached hydrogens (tertiary/aromatic N) is 1. The Morgan fingerprint density at radius 3 is 2.93 bits per heavy atom. The number of aromatic nitrogens is 1. The van der Waals surface area contributed by atoms with Crippen molar-refractivity contribution in [3.63, 3.8) is 0 Å². The van der Waals surface area contributed by atoms with E-state index in [0.717, 1.165) is 23.1 Å². The monoisotopic (exact) mass is 222 g/mol. The quantitative estimate of drug-likeness (QED) is 0.802.